The molecule has 0 aliphatic rings. The Morgan fingerprint density at radius 2 is 1.96 bits per heavy atom. The molecule has 0 amide bonds. The predicted molar refractivity (Wildman–Crippen MR) is 106 cm³/mol. The van der Waals surface area contributed by atoms with Crippen molar-refractivity contribution in [2.24, 2.45) is 0 Å². The molecule has 3 rings (SSSR count). The molecule has 0 unspecified atom stereocenters. The summed E-state index contributed by atoms with van der Waals surface area (Å²) in [6.45, 7) is 2.04. The molecule has 124 valence electrons. The first-order chi connectivity index (χ1) is 12.1. The summed E-state index contributed by atoms with van der Waals surface area (Å²) < 4.78 is 0. The number of aryl methyl sites for hydroxylation is 1. The lowest BCUT2D eigenvalue weighted by Crippen LogP contribution is -1.92. The molecule has 0 saturated heterocycles. The lowest BCUT2D eigenvalue weighted by Gasteiger charge is -2.04. The lowest BCUT2D eigenvalue weighted by molar-refractivity contribution is 1.36. The third-order valence-electron chi connectivity index (χ3n) is 3.50. The summed E-state index contributed by atoms with van der Waals surface area (Å²) in [5, 5.41) is 16.1. The van der Waals surface area contributed by atoms with E-state index in [9.17, 15) is 5.26 Å². The summed E-state index contributed by atoms with van der Waals surface area (Å²) in [4.78, 5) is 4.56. The number of hydrogen-bond donors (Lipinski definition) is 1. The highest BCUT2D eigenvalue weighted by Crippen LogP contribution is 2.28. The molecule has 1 aromatic heterocycles. The van der Waals surface area contributed by atoms with E-state index in [-0.39, 0.29) is 0 Å². The summed E-state index contributed by atoms with van der Waals surface area (Å²) >= 11 is 13.5. The van der Waals surface area contributed by atoms with Gasteiger partial charge in [-0.2, -0.15) is 5.26 Å². The number of allylic oxidation sites excluding steroid dienone is 1. The van der Waals surface area contributed by atoms with Crippen LogP contribution in [-0.2, 0) is 0 Å². The monoisotopic (exact) mass is 385 g/mol. The third-order valence-corrected chi connectivity index (χ3v) is 4.94. The predicted octanol–water partition coefficient (Wildman–Crippen LogP) is 6.40. The fourth-order valence-electron chi connectivity index (χ4n) is 2.15. The van der Waals surface area contributed by atoms with E-state index in [1.54, 1.807) is 24.4 Å². The fraction of sp³-hybridized carbons (Fsp3) is 0.0526. The minimum atomic E-state index is 0.430. The van der Waals surface area contributed by atoms with Gasteiger partial charge in [0, 0.05) is 22.2 Å². The quantitative estimate of drug-likeness (QED) is 0.528. The molecular formula is C19H13Cl2N3S. The van der Waals surface area contributed by atoms with E-state index in [1.165, 1.54) is 16.9 Å². The number of nitrogens with zero attached hydrogens (tertiary/aromatic N) is 2. The number of nitriles is 1. The second kappa shape index (κ2) is 7.71. The molecule has 2 aromatic carbocycles. The number of hydrogen-bond acceptors (Lipinski definition) is 4. The number of aromatic nitrogens is 1. The summed E-state index contributed by atoms with van der Waals surface area (Å²) in [5.41, 5.74) is 4.13. The smallest absolute Gasteiger partial charge is 0.136 e. The van der Waals surface area contributed by atoms with E-state index >= 15 is 0 Å². The van der Waals surface area contributed by atoms with Gasteiger partial charge in [-0.05, 0) is 25.1 Å². The molecule has 3 aromatic rings. The zero-order valence-corrected chi connectivity index (χ0v) is 15.6. The Morgan fingerprint density at radius 3 is 2.68 bits per heavy atom. The van der Waals surface area contributed by atoms with Crippen molar-refractivity contribution in [3.05, 3.63) is 74.7 Å². The van der Waals surface area contributed by atoms with Crippen LogP contribution in [0, 0.1) is 18.3 Å². The van der Waals surface area contributed by atoms with Crippen LogP contribution in [0.15, 0.2) is 54.0 Å². The van der Waals surface area contributed by atoms with Crippen LogP contribution in [0.2, 0.25) is 10.0 Å². The molecule has 0 atom stereocenters. The van der Waals surface area contributed by atoms with Crippen molar-refractivity contribution in [1.29, 1.82) is 5.26 Å². The molecule has 0 radical (unpaired) electrons. The van der Waals surface area contributed by atoms with Gasteiger partial charge in [0.2, 0.25) is 0 Å². The highest BCUT2D eigenvalue weighted by atomic mass is 35.5. The van der Waals surface area contributed by atoms with Gasteiger partial charge < -0.3 is 5.32 Å². The summed E-state index contributed by atoms with van der Waals surface area (Å²) in [6.07, 6.45) is 1.59. The second-order valence-corrected chi connectivity index (χ2v) is 7.04. The molecule has 0 saturated carbocycles. The SMILES string of the molecule is Cc1ccc(-c2csc(C(C#N)=CNc3cc(Cl)ccc3Cl)n2)cc1. The highest BCUT2D eigenvalue weighted by molar-refractivity contribution is 7.11. The van der Waals surface area contributed by atoms with Crippen molar-refractivity contribution in [2.45, 2.75) is 6.92 Å². The van der Waals surface area contributed by atoms with Crippen LogP contribution in [-0.4, -0.2) is 4.98 Å². The Morgan fingerprint density at radius 1 is 1.20 bits per heavy atom. The Kier molecular flexibility index (Phi) is 5.40. The van der Waals surface area contributed by atoms with Gasteiger partial charge in [-0.3, -0.25) is 0 Å². The number of rotatable bonds is 4. The molecule has 0 spiro atoms. The summed E-state index contributed by atoms with van der Waals surface area (Å²) in [7, 11) is 0. The van der Waals surface area contributed by atoms with Gasteiger partial charge in [-0.1, -0.05) is 53.0 Å². The maximum Gasteiger partial charge on any atom is 0.136 e. The molecule has 6 heteroatoms. The zero-order chi connectivity index (χ0) is 17.8. The van der Waals surface area contributed by atoms with Crippen LogP contribution in [0.3, 0.4) is 0 Å². The van der Waals surface area contributed by atoms with Crippen molar-refractivity contribution in [3.63, 3.8) is 0 Å². The number of anilines is 1. The van der Waals surface area contributed by atoms with E-state index in [4.69, 9.17) is 23.2 Å². The Labute approximate surface area is 160 Å². The molecule has 1 heterocycles. The van der Waals surface area contributed by atoms with E-state index in [2.05, 4.69) is 16.4 Å². The average molecular weight is 386 g/mol. The topological polar surface area (TPSA) is 48.7 Å². The van der Waals surface area contributed by atoms with Crippen molar-refractivity contribution in [2.75, 3.05) is 5.32 Å². The number of benzene rings is 2. The average Bonchev–Trinajstić information content (AvgIpc) is 3.09. The standard InChI is InChI=1S/C19H13Cl2N3S/c1-12-2-4-13(5-3-12)18-11-25-19(24-18)14(9-22)10-23-17-8-15(20)6-7-16(17)21/h2-8,10-11,23H,1H3. The van der Waals surface area contributed by atoms with Crippen molar-refractivity contribution < 1.29 is 0 Å². The molecule has 0 bridgehead atoms. The lowest BCUT2D eigenvalue weighted by atomic mass is 10.1. The first-order valence-electron chi connectivity index (χ1n) is 7.41. The van der Waals surface area contributed by atoms with E-state index in [1.807, 2.05) is 36.6 Å². The van der Waals surface area contributed by atoms with E-state index in [0.29, 0.717) is 26.3 Å². The molecular weight excluding hydrogens is 373 g/mol. The van der Waals surface area contributed by atoms with Crippen molar-refractivity contribution >= 4 is 45.8 Å². The molecule has 0 aliphatic carbocycles. The first-order valence-corrected chi connectivity index (χ1v) is 9.05. The van der Waals surface area contributed by atoms with Gasteiger partial charge in [0.15, 0.2) is 0 Å². The number of halogens is 2. The van der Waals surface area contributed by atoms with Gasteiger partial charge in [0.1, 0.15) is 16.6 Å². The summed E-state index contributed by atoms with van der Waals surface area (Å²) in [5.74, 6) is 0. The molecule has 0 fully saturated rings. The Hall–Kier alpha value is -2.32. The second-order valence-electron chi connectivity index (χ2n) is 5.34. The number of thiazole rings is 1. The zero-order valence-electron chi connectivity index (χ0n) is 13.3. The Bertz CT molecular complexity index is 969. The Balaban J connectivity index is 1.85. The van der Waals surface area contributed by atoms with Crippen molar-refractivity contribution in [1.82, 2.24) is 4.98 Å². The highest BCUT2D eigenvalue weighted by Gasteiger charge is 2.09. The van der Waals surface area contributed by atoms with Gasteiger partial charge in [0.05, 0.1) is 16.4 Å². The maximum atomic E-state index is 9.45. The van der Waals surface area contributed by atoms with Crippen molar-refractivity contribution in [3.8, 4) is 17.3 Å². The number of nitrogens with one attached hydrogen (secondary N) is 1. The molecule has 3 nitrogen and oxygen atoms in total. The molecule has 25 heavy (non-hydrogen) atoms. The van der Waals surface area contributed by atoms with Gasteiger partial charge in [0.25, 0.3) is 0 Å². The normalized spacial score (nSPS) is 11.2. The van der Waals surface area contributed by atoms with Crippen LogP contribution in [0.4, 0.5) is 5.69 Å². The minimum absolute atomic E-state index is 0.430. The molecule has 0 aliphatic heterocycles. The van der Waals surface area contributed by atoms with Gasteiger partial charge in [-0.15, -0.1) is 11.3 Å². The van der Waals surface area contributed by atoms with E-state index < -0.39 is 0 Å². The summed E-state index contributed by atoms with van der Waals surface area (Å²) in [6, 6.07) is 15.4. The largest absolute Gasteiger partial charge is 0.359 e. The van der Waals surface area contributed by atoms with Crippen LogP contribution in [0.1, 0.15) is 10.6 Å². The van der Waals surface area contributed by atoms with Crippen LogP contribution < -0.4 is 5.32 Å². The van der Waals surface area contributed by atoms with Gasteiger partial charge >= 0.3 is 0 Å². The van der Waals surface area contributed by atoms with Gasteiger partial charge in [-0.25, -0.2) is 4.98 Å². The minimum Gasteiger partial charge on any atom is -0.359 e. The fourth-order valence-corrected chi connectivity index (χ4v) is 3.29. The van der Waals surface area contributed by atoms with Crippen LogP contribution >= 0.6 is 34.5 Å². The third kappa shape index (κ3) is 4.21. The van der Waals surface area contributed by atoms with Crippen LogP contribution in [0.5, 0.6) is 0 Å². The maximum absolute atomic E-state index is 9.45. The van der Waals surface area contributed by atoms with Crippen LogP contribution in [0.25, 0.3) is 16.8 Å². The first kappa shape index (κ1) is 17.5. The molecule has 1 N–H and O–H groups in total. The van der Waals surface area contributed by atoms with E-state index in [0.717, 1.165) is 11.3 Å².